The van der Waals surface area contributed by atoms with Gasteiger partial charge in [0.1, 0.15) is 17.7 Å². The number of hydrogen-bond acceptors (Lipinski definition) is 5. The maximum Gasteiger partial charge on any atom is 0.245 e. The quantitative estimate of drug-likeness (QED) is 0.501. The largest absolute Gasteiger partial charge is 0.338 e. The van der Waals surface area contributed by atoms with E-state index in [9.17, 15) is 18.8 Å². The van der Waals surface area contributed by atoms with E-state index in [2.05, 4.69) is 31.0 Å². The lowest BCUT2D eigenvalue weighted by Gasteiger charge is -2.34. The molecule has 8 nitrogen and oxygen atoms in total. The molecule has 0 spiro atoms. The molecule has 5 rings (SSSR count). The van der Waals surface area contributed by atoms with Gasteiger partial charge in [-0.2, -0.15) is 0 Å². The van der Waals surface area contributed by atoms with Crippen molar-refractivity contribution in [3.8, 4) is 0 Å². The Bertz CT molecular complexity index is 1410. The molecule has 2 aromatic rings. The van der Waals surface area contributed by atoms with Gasteiger partial charge in [0, 0.05) is 74.3 Å². The van der Waals surface area contributed by atoms with Crippen LogP contribution in [0.3, 0.4) is 0 Å². The Morgan fingerprint density at radius 1 is 0.956 bits per heavy atom. The summed E-state index contributed by atoms with van der Waals surface area (Å²) in [6.07, 6.45) is 0.158. The number of amides is 3. The first-order chi connectivity index (χ1) is 21.3. The number of benzene rings is 2. The monoisotopic (exact) mass is 643 g/mol. The summed E-state index contributed by atoms with van der Waals surface area (Å²) in [5.41, 5.74) is 0.751. The Balaban J connectivity index is 1.53. The lowest BCUT2D eigenvalue weighted by Crippen LogP contribution is -2.54. The summed E-state index contributed by atoms with van der Waals surface area (Å²) in [7, 11) is 0. The van der Waals surface area contributed by atoms with Gasteiger partial charge in [0.25, 0.3) is 0 Å². The molecule has 3 heterocycles. The van der Waals surface area contributed by atoms with Crippen molar-refractivity contribution in [2.24, 2.45) is 11.8 Å². The van der Waals surface area contributed by atoms with Crippen LogP contribution in [0.25, 0.3) is 0 Å². The van der Waals surface area contributed by atoms with Crippen molar-refractivity contribution >= 4 is 35.0 Å². The molecule has 11 heteroatoms. The maximum atomic E-state index is 15.2. The number of carbonyl (C=O) groups excluding carboxylic acids is 3. The first-order valence-electron chi connectivity index (χ1n) is 15.8. The van der Waals surface area contributed by atoms with Crippen molar-refractivity contribution in [3.05, 3.63) is 64.7 Å². The van der Waals surface area contributed by atoms with Gasteiger partial charge in [-0.25, -0.2) is 8.78 Å². The molecule has 45 heavy (non-hydrogen) atoms. The average Bonchev–Trinajstić information content (AvgIpc) is 3.64. The molecule has 3 aliphatic heterocycles. The summed E-state index contributed by atoms with van der Waals surface area (Å²) in [5.74, 6) is -3.37. The highest BCUT2D eigenvalue weighted by molar-refractivity contribution is 6.30. The van der Waals surface area contributed by atoms with Crippen molar-refractivity contribution in [1.82, 2.24) is 20.0 Å². The highest BCUT2D eigenvalue weighted by atomic mass is 35.5. The van der Waals surface area contributed by atoms with Crippen LogP contribution in [0.15, 0.2) is 42.5 Å². The second-order valence-corrected chi connectivity index (χ2v) is 14.2. The summed E-state index contributed by atoms with van der Waals surface area (Å²) in [6, 6.07) is 9.21. The third-order valence-corrected chi connectivity index (χ3v) is 9.68. The maximum absolute atomic E-state index is 15.2. The minimum absolute atomic E-state index is 0.0541. The zero-order valence-electron chi connectivity index (χ0n) is 26.7. The van der Waals surface area contributed by atoms with Crippen molar-refractivity contribution in [2.45, 2.75) is 64.6 Å². The van der Waals surface area contributed by atoms with Crippen LogP contribution in [0.5, 0.6) is 0 Å². The second-order valence-electron chi connectivity index (χ2n) is 13.8. The molecule has 0 unspecified atom stereocenters. The van der Waals surface area contributed by atoms with Crippen LogP contribution in [-0.2, 0) is 14.4 Å². The van der Waals surface area contributed by atoms with E-state index in [-0.39, 0.29) is 47.8 Å². The summed E-state index contributed by atoms with van der Waals surface area (Å²) >= 11 is 6.20. The fraction of sp³-hybridized carbons (Fsp3) is 0.559. The van der Waals surface area contributed by atoms with Crippen LogP contribution in [-0.4, -0.2) is 95.9 Å². The van der Waals surface area contributed by atoms with Crippen LogP contribution in [0, 0.1) is 23.5 Å². The molecule has 0 aliphatic carbocycles. The first kappa shape index (κ1) is 33.3. The first-order valence-corrected chi connectivity index (χ1v) is 16.2. The number of piperazine rings is 1. The summed E-state index contributed by atoms with van der Waals surface area (Å²) in [4.78, 5) is 49.5. The highest BCUT2D eigenvalue weighted by Gasteiger charge is 2.50. The summed E-state index contributed by atoms with van der Waals surface area (Å²) in [6.45, 7) is 13.3. The van der Waals surface area contributed by atoms with Crippen LogP contribution < -0.4 is 10.2 Å². The van der Waals surface area contributed by atoms with Gasteiger partial charge in [-0.05, 0) is 57.0 Å². The molecule has 3 fully saturated rings. The van der Waals surface area contributed by atoms with E-state index in [0.717, 1.165) is 17.7 Å². The van der Waals surface area contributed by atoms with Crippen LogP contribution >= 0.6 is 11.6 Å². The van der Waals surface area contributed by atoms with Crippen molar-refractivity contribution < 1.29 is 23.2 Å². The van der Waals surface area contributed by atoms with Crippen molar-refractivity contribution in [2.75, 3.05) is 50.7 Å². The van der Waals surface area contributed by atoms with Gasteiger partial charge in [-0.15, -0.1) is 0 Å². The van der Waals surface area contributed by atoms with E-state index < -0.39 is 35.6 Å². The molecular formula is C34H44ClF2N5O3. The number of nitrogens with one attached hydrogen (secondary N) is 1. The Kier molecular flexibility index (Phi) is 9.87. The Hall–Kier alpha value is -3.08. The molecule has 244 valence electrons. The molecule has 1 N–H and O–H groups in total. The molecule has 3 aliphatic rings. The molecule has 3 saturated heterocycles. The Morgan fingerprint density at radius 2 is 1.62 bits per heavy atom. The van der Waals surface area contributed by atoms with Crippen LogP contribution in [0.1, 0.15) is 52.5 Å². The zero-order chi connectivity index (χ0) is 32.6. The molecule has 0 bridgehead atoms. The van der Waals surface area contributed by atoms with Gasteiger partial charge in [-0.1, -0.05) is 37.6 Å². The van der Waals surface area contributed by atoms with E-state index in [0.29, 0.717) is 44.3 Å². The fourth-order valence-corrected chi connectivity index (χ4v) is 7.01. The number of nitrogens with zero attached hydrogens (tertiary/aromatic N) is 4. The minimum Gasteiger partial charge on any atom is -0.338 e. The fourth-order valence-electron chi connectivity index (χ4n) is 6.89. The van der Waals surface area contributed by atoms with Crippen molar-refractivity contribution in [3.63, 3.8) is 0 Å². The smallest absolute Gasteiger partial charge is 0.245 e. The average molecular weight is 644 g/mol. The molecule has 2 aromatic carbocycles. The van der Waals surface area contributed by atoms with Gasteiger partial charge >= 0.3 is 0 Å². The SMILES string of the molecule is CC(C)C(=O)N(c1ccc(F)cc1F)[C@H]1C[C@@H](C(=O)N2CCNCC2)N(C(=O)[C@@H]2CN(C(C)(C)C)C[C@H]2c2ccc(Cl)cc2)C1. The topological polar surface area (TPSA) is 76.2 Å². The molecule has 4 atom stereocenters. The third-order valence-electron chi connectivity index (χ3n) is 9.43. The number of likely N-dealkylation sites (tertiary alicyclic amines) is 2. The Labute approximate surface area is 269 Å². The van der Waals surface area contributed by atoms with Gasteiger partial charge in [0.15, 0.2) is 0 Å². The normalized spacial score (nSPS) is 24.4. The number of hydrogen-bond donors (Lipinski definition) is 1. The van der Waals surface area contributed by atoms with Crippen LogP contribution in [0.2, 0.25) is 5.02 Å². The number of halogens is 3. The van der Waals surface area contributed by atoms with E-state index in [4.69, 9.17) is 11.6 Å². The molecule has 0 aromatic heterocycles. The van der Waals surface area contributed by atoms with Crippen molar-refractivity contribution in [1.29, 1.82) is 0 Å². The van der Waals surface area contributed by atoms with Gasteiger partial charge < -0.3 is 20.0 Å². The predicted octanol–water partition coefficient (Wildman–Crippen LogP) is 4.52. The minimum atomic E-state index is -0.863. The second kappa shape index (κ2) is 13.3. The lowest BCUT2D eigenvalue weighted by molar-refractivity contribution is -0.146. The molecular weight excluding hydrogens is 600 g/mol. The van der Waals surface area contributed by atoms with Gasteiger partial charge in [0.2, 0.25) is 17.7 Å². The van der Waals surface area contributed by atoms with E-state index in [1.165, 1.54) is 11.0 Å². The zero-order valence-corrected chi connectivity index (χ0v) is 27.5. The highest BCUT2D eigenvalue weighted by Crippen LogP contribution is 2.40. The number of anilines is 1. The molecule has 3 amide bonds. The summed E-state index contributed by atoms with van der Waals surface area (Å²) in [5, 5.41) is 3.87. The van der Waals surface area contributed by atoms with Crippen LogP contribution in [0.4, 0.5) is 14.5 Å². The van der Waals surface area contributed by atoms with E-state index in [1.807, 2.05) is 24.3 Å². The lowest BCUT2D eigenvalue weighted by atomic mass is 9.88. The van der Waals surface area contributed by atoms with Gasteiger partial charge in [0.05, 0.1) is 17.6 Å². The predicted molar refractivity (Wildman–Crippen MR) is 171 cm³/mol. The molecule has 0 saturated carbocycles. The third kappa shape index (κ3) is 7.03. The van der Waals surface area contributed by atoms with E-state index in [1.54, 1.807) is 23.6 Å². The summed E-state index contributed by atoms with van der Waals surface area (Å²) < 4.78 is 29.1. The molecule has 0 radical (unpaired) electrons. The van der Waals surface area contributed by atoms with E-state index >= 15 is 4.39 Å². The standard InChI is InChI=1S/C34H44ClF2N5O3/c1-21(2)31(43)42(29-11-10-24(36)16-28(29)37)25-17-30(33(45)39-14-12-38-13-15-39)41(18-25)32(44)27-20-40(34(3,4)5)19-26(27)22-6-8-23(35)9-7-22/h6-11,16,21,25-27,30,38H,12-15,17-20H2,1-5H3/t25-,26-,27+,30-/m0/s1. The number of carbonyl (C=O) groups is 3. The number of rotatable bonds is 6. The Morgan fingerprint density at radius 3 is 2.22 bits per heavy atom. The van der Waals surface area contributed by atoms with Gasteiger partial charge in [-0.3, -0.25) is 19.3 Å².